The molecule has 0 aliphatic heterocycles. The lowest BCUT2D eigenvalue weighted by Gasteiger charge is -2.04. The van der Waals surface area contributed by atoms with Crippen LogP contribution in [0.4, 0.5) is 0 Å². The summed E-state index contributed by atoms with van der Waals surface area (Å²) >= 11 is 0. The summed E-state index contributed by atoms with van der Waals surface area (Å²) in [4.78, 5) is 3.58. The standard InChI is InChI=1S/C5H13N3O2S.HI/c1-4(11(2,9)10)3-8-5(6)7;/h4H,3H2,1-2H3,(H4,6,7,8);1H. The Morgan fingerprint density at radius 3 is 2.17 bits per heavy atom. The molecular formula is C5H14IN3O2S. The van der Waals surface area contributed by atoms with Crippen molar-refractivity contribution in [3.05, 3.63) is 0 Å². The molecule has 5 nitrogen and oxygen atoms in total. The number of rotatable bonds is 3. The Hall–Kier alpha value is -0.0500. The number of halogens is 1. The van der Waals surface area contributed by atoms with Gasteiger partial charge in [0.2, 0.25) is 0 Å². The lowest BCUT2D eigenvalue weighted by molar-refractivity contribution is 0.590. The average molecular weight is 307 g/mol. The zero-order chi connectivity index (χ0) is 9.07. The summed E-state index contributed by atoms with van der Waals surface area (Å²) in [5, 5.41) is -0.524. The maximum absolute atomic E-state index is 10.8. The van der Waals surface area contributed by atoms with Crippen LogP contribution in [0.2, 0.25) is 0 Å². The van der Waals surface area contributed by atoms with E-state index in [1.54, 1.807) is 6.92 Å². The number of nitrogens with two attached hydrogens (primary N) is 2. The van der Waals surface area contributed by atoms with Crippen molar-refractivity contribution in [3.63, 3.8) is 0 Å². The molecule has 0 saturated heterocycles. The highest BCUT2D eigenvalue weighted by molar-refractivity contribution is 14.0. The van der Waals surface area contributed by atoms with Gasteiger partial charge in [-0.1, -0.05) is 0 Å². The topological polar surface area (TPSA) is 98.5 Å². The molecule has 4 N–H and O–H groups in total. The molecule has 1 atom stereocenters. The number of nitrogens with zero attached hydrogens (tertiary/aromatic N) is 1. The fraction of sp³-hybridized carbons (Fsp3) is 0.800. The molecule has 12 heavy (non-hydrogen) atoms. The van der Waals surface area contributed by atoms with Crippen LogP contribution in [-0.2, 0) is 9.84 Å². The van der Waals surface area contributed by atoms with Gasteiger partial charge in [-0.15, -0.1) is 24.0 Å². The van der Waals surface area contributed by atoms with Crippen molar-refractivity contribution >= 4 is 39.8 Å². The van der Waals surface area contributed by atoms with E-state index in [0.717, 1.165) is 6.26 Å². The van der Waals surface area contributed by atoms with Gasteiger partial charge in [0.05, 0.1) is 11.8 Å². The first-order chi connectivity index (χ1) is 4.84. The van der Waals surface area contributed by atoms with Crippen LogP contribution in [0.15, 0.2) is 4.99 Å². The summed E-state index contributed by atoms with van der Waals surface area (Å²) in [6.45, 7) is 1.68. The number of sulfone groups is 1. The van der Waals surface area contributed by atoms with Crippen LogP contribution in [0.25, 0.3) is 0 Å². The van der Waals surface area contributed by atoms with E-state index in [1.807, 2.05) is 0 Å². The molecule has 7 heteroatoms. The second-order valence-electron chi connectivity index (χ2n) is 2.41. The summed E-state index contributed by atoms with van der Waals surface area (Å²) in [5.41, 5.74) is 10.0. The molecule has 0 amide bonds. The summed E-state index contributed by atoms with van der Waals surface area (Å²) < 4.78 is 21.6. The molecule has 0 aromatic rings. The number of aliphatic imine (C=N–C) groups is 1. The summed E-state index contributed by atoms with van der Waals surface area (Å²) in [7, 11) is -3.02. The monoisotopic (exact) mass is 307 g/mol. The minimum absolute atomic E-state index is 0. The second-order valence-corrected chi connectivity index (χ2v) is 4.87. The normalized spacial score (nSPS) is 12.8. The molecule has 0 bridgehead atoms. The van der Waals surface area contributed by atoms with Gasteiger partial charge in [-0.2, -0.15) is 0 Å². The summed E-state index contributed by atoms with van der Waals surface area (Å²) in [6, 6.07) is 0. The van der Waals surface area contributed by atoms with E-state index < -0.39 is 15.1 Å². The quantitative estimate of drug-likeness (QED) is 0.410. The molecule has 0 aliphatic carbocycles. The molecule has 1 unspecified atom stereocenters. The predicted molar refractivity (Wildman–Crippen MR) is 60.4 cm³/mol. The summed E-state index contributed by atoms with van der Waals surface area (Å²) in [5.74, 6) is -0.0829. The Morgan fingerprint density at radius 1 is 1.50 bits per heavy atom. The molecule has 0 heterocycles. The fourth-order valence-electron chi connectivity index (χ4n) is 0.369. The van der Waals surface area contributed by atoms with Crippen molar-refractivity contribution in [2.45, 2.75) is 12.2 Å². The first-order valence-electron chi connectivity index (χ1n) is 3.08. The molecule has 0 rings (SSSR count). The van der Waals surface area contributed by atoms with Crippen LogP contribution < -0.4 is 11.5 Å². The Balaban J connectivity index is 0. The lowest BCUT2D eigenvalue weighted by atomic mass is 10.5. The van der Waals surface area contributed by atoms with Crippen LogP contribution in [0.3, 0.4) is 0 Å². The van der Waals surface area contributed by atoms with E-state index in [1.165, 1.54) is 0 Å². The Bertz CT molecular complexity index is 245. The molecule has 0 spiro atoms. The minimum Gasteiger partial charge on any atom is -0.370 e. The van der Waals surface area contributed by atoms with Crippen LogP contribution >= 0.6 is 24.0 Å². The fourth-order valence-corrected chi connectivity index (χ4v) is 0.715. The van der Waals surface area contributed by atoms with Crippen LogP contribution in [0, 0.1) is 0 Å². The molecular weight excluding hydrogens is 293 g/mol. The van der Waals surface area contributed by atoms with Gasteiger partial charge in [-0.25, -0.2) is 8.42 Å². The molecule has 74 valence electrons. The van der Waals surface area contributed by atoms with E-state index in [4.69, 9.17) is 11.5 Å². The van der Waals surface area contributed by atoms with Gasteiger partial charge >= 0.3 is 0 Å². The van der Waals surface area contributed by atoms with E-state index in [-0.39, 0.29) is 36.5 Å². The Labute approximate surface area is 89.5 Å². The van der Waals surface area contributed by atoms with Gasteiger partial charge in [0.15, 0.2) is 15.8 Å². The maximum Gasteiger partial charge on any atom is 0.185 e. The van der Waals surface area contributed by atoms with E-state index >= 15 is 0 Å². The first kappa shape index (κ1) is 14.5. The van der Waals surface area contributed by atoms with E-state index in [2.05, 4.69) is 4.99 Å². The van der Waals surface area contributed by atoms with Crippen molar-refractivity contribution in [3.8, 4) is 0 Å². The van der Waals surface area contributed by atoms with Gasteiger partial charge in [0, 0.05) is 6.26 Å². The molecule has 0 saturated carbocycles. The van der Waals surface area contributed by atoms with Crippen molar-refractivity contribution in [2.24, 2.45) is 16.5 Å². The SMILES string of the molecule is CC(CN=C(N)N)S(C)(=O)=O.I. The first-order valence-corrected chi connectivity index (χ1v) is 5.03. The van der Waals surface area contributed by atoms with Crippen molar-refractivity contribution < 1.29 is 8.42 Å². The van der Waals surface area contributed by atoms with Gasteiger partial charge in [-0.3, -0.25) is 4.99 Å². The third-order valence-corrected chi connectivity index (χ3v) is 2.87. The lowest BCUT2D eigenvalue weighted by Crippen LogP contribution is -2.26. The number of hydrogen-bond donors (Lipinski definition) is 2. The van der Waals surface area contributed by atoms with Crippen molar-refractivity contribution in [1.29, 1.82) is 0 Å². The molecule has 0 fully saturated rings. The largest absolute Gasteiger partial charge is 0.370 e. The number of hydrogen-bond acceptors (Lipinski definition) is 3. The van der Waals surface area contributed by atoms with Gasteiger partial charge in [0.25, 0.3) is 0 Å². The minimum atomic E-state index is -3.02. The molecule has 0 aliphatic rings. The Morgan fingerprint density at radius 2 is 1.92 bits per heavy atom. The highest BCUT2D eigenvalue weighted by atomic mass is 127. The van der Waals surface area contributed by atoms with Crippen LogP contribution in [0.1, 0.15) is 6.92 Å². The molecule has 0 radical (unpaired) electrons. The third-order valence-electron chi connectivity index (χ3n) is 1.26. The highest BCUT2D eigenvalue weighted by Crippen LogP contribution is 1.97. The van der Waals surface area contributed by atoms with Crippen molar-refractivity contribution in [2.75, 3.05) is 12.8 Å². The van der Waals surface area contributed by atoms with Crippen molar-refractivity contribution in [1.82, 2.24) is 0 Å². The molecule has 0 aromatic carbocycles. The zero-order valence-corrected chi connectivity index (χ0v) is 10.2. The predicted octanol–water partition coefficient (Wildman–Crippen LogP) is -0.689. The molecule has 0 aromatic heterocycles. The highest BCUT2D eigenvalue weighted by Gasteiger charge is 2.13. The summed E-state index contributed by atoms with van der Waals surface area (Å²) in [6.07, 6.45) is 1.15. The van der Waals surface area contributed by atoms with Gasteiger partial charge in [0.1, 0.15) is 0 Å². The second kappa shape index (κ2) is 5.57. The van der Waals surface area contributed by atoms with Crippen LogP contribution in [0.5, 0.6) is 0 Å². The van der Waals surface area contributed by atoms with E-state index in [9.17, 15) is 8.42 Å². The van der Waals surface area contributed by atoms with Gasteiger partial charge in [-0.05, 0) is 6.92 Å². The third kappa shape index (κ3) is 6.65. The zero-order valence-electron chi connectivity index (χ0n) is 7.02. The number of guanidine groups is 1. The average Bonchev–Trinajstić information content (AvgIpc) is 1.80. The smallest absolute Gasteiger partial charge is 0.185 e. The van der Waals surface area contributed by atoms with E-state index in [0.29, 0.717) is 0 Å². The van der Waals surface area contributed by atoms with Crippen LogP contribution in [-0.4, -0.2) is 32.4 Å². The Kier molecular flexibility index (Phi) is 6.72. The maximum atomic E-state index is 10.8. The van der Waals surface area contributed by atoms with Gasteiger partial charge < -0.3 is 11.5 Å².